The largest absolute Gasteiger partial charge is 0.385 e. The average molecular weight is 539 g/mol. The Bertz CT molecular complexity index is 725. The maximum atomic E-state index is 5.92. The number of hydrogen-bond donors (Lipinski definition) is 2. The lowest BCUT2D eigenvalue weighted by atomic mass is 10.4. The fraction of sp³-hybridized carbons (Fsp3) is 0.500. The topological polar surface area (TPSA) is 76.4 Å². The smallest absolute Gasteiger partial charge is 0.191 e. The lowest BCUT2D eigenvalue weighted by molar-refractivity contribution is 0.195. The SMILES string of the molecule is COCCCNC(=NCc1nnc(C)n1C)NCCSc1ccc(Cl)cc1.I. The number of guanidine groups is 1. The summed E-state index contributed by atoms with van der Waals surface area (Å²) in [5.41, 5.74) is 0. The number of nitrogens with zero attached hydrogens (tertiary/aromatic N) is 4. The van der Waals surface area contributed by atoms with Crippen LogP contribution >= 0.6 is 47.3 Å². The molecule has 0 aliphatic rings. The second-order valence-electron chi connectivity index (χ2n) is 5.89. The summed E-state index contributed by atoms with van der Waals surface area (Å²) in [6.45, 7) is 4.70. The molecule has 0 fully saturated rings. The van der Waals surface area contributed by atoms with E-state index in [4.69, 9.17) is 16.3 Å². The molecule has 28 heavy (non-hydrogen) atoms. The van der Waals surface area contributed by atoms with E-state index >= 15 is 0 Å². The van der Waals surface area contributed by atoms with Gasteiger partial charge in [-0.2, -0.15) is 0 Å². The lowest BCUT2D eigenvalue weighted by Crippen LogP contribution is -2.39. The number of nitrogens with one attached hydrogen (secondary N) is 2. The van der Waals surface area contributed by atoms with E-state index in [-0.39, 0.29) is 24.0 Å². The van der Waals surface area contributed by atoms with Crippen LogP contribution in [-0.2, 0) is 18.3 Å². The van der Waals surface area contributed by atoms with E-state index in [0.717, 1.165) is 54.5 Å². The van der Waals surface area contributed by atoms with Gasteiger partial charge in [0.15, 0.2) is 11.8 Å². The molecule has 2 rings (SSSR count). The van der Waals surface area contributed by atoms with E-state index < -0.39 is 0 Å². The van der Waals surface area contributed by atoms with Crippen LogP contribution in [0.5, 0.6) is 0 Å². The molecule has 1 aromatic carbocycles. The van der Waals surface area contributed by atoms with Crippen LogP contribution in [0.3, 0.4) is 0 Å². The van der Waals surface area contributed by atoms with Crippen LogP contribution in [0.2, 0.25) is 5.02 Å². The van der Waals surface area contributed by atoms with Gasteiger partial charge >= 0.3 is 0 Å². The number of aliphatic imine (C=N–C) groups is 1. The van der Waals surface area contributed by atoms with E-state index in [2.05, 4.69) is 25.8 Å². The van der Waals surface area contributed by atoms with Gasteiger partial charge in [-0.1, -0.05) is 11.6 Å². The van der Waals surface area contributed by atoms with E-state index in [1.54, 1.807) is 18.9 Å². The average Bonchev–Trinajstić information content (AvgIpc) is 2.99. The summed E-state index contributed by atoms with van der Waals surface area (Å²) < 4.78 is 7.04. The molecule has 0 aliphatic heterocycles. The van der Waals surface area contributed by atoms with Gasteiger partial charge in [0.1, 0.15) is 12.4 Å². The fourth-order valence-corrected chi connectivity index (χ4v) is 3.10. The van der Waals surface area contributed by atoms with Crippen LogP contribution < -0.4 is 10.6 Å². The summed E-state index contributed by atoms with van der Waals surface area (Å²) in [5.74, 6) is 3.40. The summed E-state index contributed by atoms with van der Waals surface area (Å²) in [6, 6.07) is 7.87. The van der Waals surface area contributed by atoms with Crippen molar-refractivity contribution in [3.8, 4) is 0 Å². The van der Waals surface area contributed by atoms with Crippen LogP contribution in [0.25, 0.3) is 0 Å². The predicted molar refractivity (Wildman–Crippen MR) is 127 cm³/mol. The first kappa shape index (κ1) is 25.0. The van der Waals surface area contributed by atoms with Gasteiger partial charge in [-0.3, -0.25) is 0 Å². The third-order valence-electron chi connectivity index (χ3n) is 3.86. The minimum Gasteiger partial charge on any atom is -0.385 e. The fourth-order valence-electron chi connectivity index (χ4n) is 2.21. The highest BCUT2D eigenvalue weighted by atomic mass is 127. The molecule has 0 unspecified atom stereocenters. The Hall–Kier alpha value is -1.04. The Morgan fingerprint density at radius 1 is 1.21 bits per heavy atom. The van der Waals surface area contributed by atoms with Crippen molar-refractivity contribution in [2.45, 2.75) is 24.8 Å². The Kier molecular flexibility index (Phi) is 12.5. The molecule has 0 spiro atoms. The Morgan fingerprint density at radius 2 is 1.93 bits per heavy atom. The molecule has 0 bridgehead atoms. The number of thioether (sulfide) groups is 1. The number of halogens is 2. The van der Waals surface area contributed by atoms with Gasteiger partial charge in [0, 0.05) is 49.5 Å². The first-order valence-electron chi connectivity index (χ1n) is 8.84. The minimum absolute atomic E-state index is 0. The first-order chi connectivity index (χ1) is 13.1. The number of aromatic nitrogens is 3. The van der Waals surface area contributed by atoms with Crippen molar-refractivity contribution in [2.75, 3.05) is 32.6 Å². The Balaban J connectivity index is 0.00000392. The van der Waals surface area contributed by atoms with Gasteiger partial charge in [0.05, 0.1) is 0 Å². The maximum Gasteiger partial charge on any atom is 0.191 e. The van der Waals surface area contributed by atoms with Crippen molar-refractivity contribution < 1.29 is 4.74 Å². The summed E-state index contributed by atoms with van der Waals surface area (Å²) in [4.78, 5) is 5.82. The normalized spacial score (nSPS) is 11.2. The number of hydrogen-bond acceptors (Lipinski definition) is 5. The van der Waals surface area contributed by atoms with E-state index in [1.807, 2.05) is 42.8 Å². The molecular formula is C18H28ClIN6OS. The standard InChI is InChI=1S/C18H27ClN6OS.HI/c1-14-23-24-17(25(14)2)13-22-18(20-9-4-11-26-3)21-10-12-27-16-7-5-15(19)6-8-16;/h5-8H,4,9-13H2,1-3H3,(H2,20,21,22);1H. The summed E-state index contributed by atoms with van der Waals surface area (Å²) in [5, 5.41) is 15.7. The van der Waals surface area contributed by atoms with E-state index in [1.165, 1.54) is 4.90 Å². The number of benzene rings is 1. The van der Waals surface area contributed by atoms with Crippen molar-refractivity contribution in [3.63, 3.8) is 0 Å². The van der Waals surface area contributed by atoms with E-state index in [0.29, 0.717) is 6.54 Å². The highest BCUT2D eigenvalue weighted by Crippen LogP contribution is 2.19. The van der Waals surface area contributed by atoms with Crippen LogP contribution in [-0.4, -0.2) is 53.3 Å². The molecule has 0 saturated heterocycles. The minimum atomic E-state index is 0. The molecule has 0 amide bonds. The van der Waals surface area contributed by atoms with Crippen molar-refractivity contribution in [2.24, 2.45) is 12.0 Å². The zero-order valence-electron chi connectivity index (χ0n) is 16.4. The maximum absolute atomic E-state index is 5.92. The van der Waals surface area contributed by atoms with Gasteiger partial charge in [0.2, 0.25) is 0 Å². The Labute approximate surface area is 193 Å². The van der Waals surface area contributed by atoms with Gasteiger partial charge in [-0.05, 0) is 37.6 Å². The molecule has 2 aromatic rings. The van der Waals surface area contributed by atoms with Gasteiger partial charge < -0.3 is 19.9 Å². The summed E-state index contributed by atoms with van der Waals surface area (Å²) in [7, 11) is 3.65. The molecule has 0 radical (unpaired) electrons. The van der Waals surface area contributed by atoms with Crippen LogP contribution in [0.4, 0.5) is 0 Å². The highest BCUT2D eigenvalue weighted by Gasteiger charge is 2.05. The first-order valence-corrected chi connectivity index (χ1v) is 10.2. The number of rotatable bonds is 10. The number of methoxy groups -OCH3 is 1. The molecule has 0 saturated carbocycles. The monoisotopic (exact) mass is 538 g/mol. The molecule has 1 aromatic heterocycles. The zero-order valence-corrected chi connectivity index (χ0v) is 20.3. The highest BCUT2D eigenvalue weighted by molar-refractivity contribution is 14.0. The molecule has 0 aliphatic carbocycles. The lowest BCUT2D eigenvalue weighted by Gasteiger charge is -2.12. The van der Waals surface area contributed by atoms with Crippen molar-refractivity contribution >= 4 is 53.3 Å². The number of ether oxygens (including phenoxy) is 1. The Morgan fingerprint density at radius 3 is 2.57 bits per heavy atom. The van der Waals surface area contributed by atoms with Crippen LogP contribution in [0, 0.1) is 6.92 Å². The zero-order chi connectivity index (χ0) is 19.5. The molecule has 7 nitrogen and oxygen atoms in total. The predicted octanol–water partition coefficient (Wildman–Crippen LogP) is 3.26. The van der Waals surface area contributed by atoms with Gasteiger partial charge in [-0.15, -0.1) is 45.9 Å². The van der Waals surface area contributed by atoms with Crippen LogP contribution in [0.1, 0.15) is 18.1 Å². The third-order valence-corrected chi connectivity index (χ3v) is 5.12. The van der Waals surface area contributed by atoms with Crippen molar-refractivity contribution in [3.05, 3.63) is 40.9 Å². The molecule has 10 heteroatoms. The van der Waals surface area contributed by atoms with Gasteiger partial charge in [-0.25, -0.2) is 4.99 Å². The molecule has 2 N–H and O–H groups in total. The molecule has 1 heterocycles. The molecule has 156 valence electrons. The summed E-state index contributed by atoms with van der Waals surface area (Å²) >= 11 is 7.69. The number of aryl methyl sites for hydroxylation is 1. The van der Waals surface area contributed by atoms with E-state index in [9.17, 15) is 0 Å². The van der Waals surface area contributed by atoms with Crippen LogP contribution in [0.15, 0.2) is 34.2 Å². The van der Waals surface area contributed by atoms with Crippen molar-refractivity contribution in [1.82, 2.24) is 25.4 Å². The third kappa shape index (κ3) is 8.97. The quantitative estimate of drug-likeness (QED) is 0.159. The second kappa shape index (κ2) is 14.0. The molecular weight excluding hydrogens is 511 g/mol. The van der Waals surface area contributed by atoms with Gasteiger partial charge in [0.25, 0.3) is 0 Å². The molecule has 0 atom stereocenters. The second-order valence-corrected chi connectivity index (χ2v) is 7.49. The van der Waals surface area contributed by atoms with Crippen molar-refractivity contribution in [1.29, 1.82) is 0 Å². The summed E-state index contributed by atoms with van der Waals surface area (Å²) in [6.07, 6.45) is 0.916.